The van der Waals surface area contributed by atoms with E-state index in [1.807, 2.05) is 0 Å². The Morgan fingerprint density at radius 3 is 2.12 bits per heavy atom. The van der Waals surface area contributed by atoms with E-state index in [0.717, 1.165) is 16.4 Å². The molecule has 0 saturated carbocycles. The van der Waals surface area contributed by atoms with Crippen molar-refractivity contribution in [3.05, 3.63) is 53.6 Å². The Kier molecular flexibility index (Phi) is 9.16. The number of alkyl halides is 7. The number of rotatable bonds is 9. The average Bonchev–Trinajstić information content (AvgIpc) is 2.88. The Morgan fingerprint density at radius 1 is 1.05 bits per heavy atom. The highest BCUT2D eigenvalue weighted by Gasteiger charge is 2.71. The van der Waals surface area contributed by atoms with Gasteiger partial charge in [0.1, 0.15) is 11.9 Å². The second-order valence-corrected chi connectivity index (χ2v) is 12.2. The third-order valence-corrected chi connectivity index (χ3v) is 8.80. The van der Waals surface area contributed by atoms with Gasteiger partial charge in [-0.3, -0.25) is 9.10 Å². The van der Waals surface area contributed by atoms with Crippen molar-refractivity contribution in [2.45, 2.75) is 73.8 Å². The van der Waals surface area contributed by atoms with Gasteiger partial charge in [-0.2, -0.15) is 26.3 Å². The van der Waals surface area contributed by atoms with Crippen molar-refractivity contribution >= 4 is 21.6 Å². The van der Waals surface area contributed by atoms with Crippen molar-refractivity contribution in [2.24, 2.45) is 0 Å². The number of benzene rings is 2. The Balaban J connectivity index is 2.08. The minimum absolute atomic E-state index is 0.222. The molecule has 0 aromatic heterocycles. The molecule has 1 amide bonds. The van der Waals surface area contributed by atoms with Gasteiger partial charge in [-0.05, 0) is 62.6 Å². The lowest BCUT2D eigenvalue weighted by molar-refractivity contribution is -0.376. The number of halogens is 7. The highest BCUT2D eigenvalue weighted by Crippen LogP contribution is 2.51. The van der Waals surface area contributed by atoms with E-state index >= 15 is 0 Å². The Bertz CT molecular complexity index is 1380. The minimum atomic E-state index is -6.15. The first kappa shape index (κ1) is 33.4. The fourth-order valence-corrected chi connectivity index (χ4v) is 6.18. The van der Waals surface area contributed by atoms with E-state index in [0.29, 0.717) is 23.9 Å². The van der Waals surface area contributed by atoms with Crippen molar-refractivity contribution in [3.63, 3.8) is 0 Å². The summed E-state index contributed by atoms with van der Waals surface area (Å²) in [5.74, 6) is -0.523. The van der Waals surface area contributed by atoms with Crippen LogP contribution in [0.2, 0.25) is 0 Å². The van der Waals surface area contributed by atoms with Gasteiger partial charge in [-0.1, -0.05) is 12.1 Å². The maximum atomic E-state index is 14.1. The quantitative estimate of drug-likeness (QED) is 0.359. The van der Waals surface area contributed by atoms with Crippen molar-refractivity contribution in [1.82, 2.24) is 5.32 Å². The van der Waals surface area contributed by atoms with Crippen molar-refractivity contribution in [2.75, 3.05) is 18.0 Å². The van der Waals surface area contributed by atoms with Crippen LogP contribution in [0.4, 0.5) is 36.4 Å². The molecule has 3 N–H and O–H groups in total. The lowest BCUT2D eigenvalue weighted by Crippen LogP contribution is -2.54. The molecule has 1 aliphatic rings. The number of amides is 1. The predicted octanol–water partition coefficient (Wildman–Crippen LogP) is 4.13. The number of methoxy groups -OCH3 is 1. The number of nitrogens with one attached hydrogen (secondary N) is 1. The lowest BCUT2D eigenvalue weighted by Gasteiger charge is -2.39. The predicted molar refractivity (Wildman–Crippen MR) is 136 cm³/mol. The van der Waals surface area contributed by atoms with Crippen LogP contribution in [0.3, 0.4) is 0 Å². The zero-order valence-electron chi connectivity index (χ0n) is 22.6. The molecule has 2 aromatic carbocycles. The normalized spacial score (nSPS) is 17.4. The first-order chi connectivity index (χ1) is 19.1. The van der Waals surface area contributed by atoms with Crippen LogP contribution >= 0.6 is 0 Å². The van der Waals surface area contributed by atoms with Crippen molar-refractivity contribution < 1.29 is 58.9 Å². The van der Waals surface area contributed by atoms with Gasteiger partial charge in [-0.25, -0.2) is 12.8 Å². The monoisotopic (exact) mass is 630 g/mol. The van der Waals surface area contributed by atoms with Crippen molar-refractivity contribution in [3.8, 4) is 5.75 Å². The number of hydrogen-bond donors (Lipinski definition) is 3. The molecule has 0 saturated heterocycles. The van der Waals surface area contributed by atoms with Crippen molar-refractivity contribution in [1.29, 1.82) is 0 Å². The average molecular weight is 631 g/mol. The number of sulfonamides is 1. The van der Waals surface area contributed by atoms with Crippen LogP contribution in [-0.2, 0) is 26.8 Å². The van der Waals surface area contributed by atoms with E-state index in [1.54, 1.807) is 0 Å². The lowest BCUT2D eigenvalue weighted by atomic mass is 9.87. The molecule has 0 aliphatic carbocycles. The first-order valence-electron chi connectivity index (χ1n) is 12.5. The number of anilines is 1. The van der Waals surface area contributed by atoms with E-state index in [4.69, 9.17) is 4.74 Å². The molecule has 0 spiro atoms. The molecule has 1 heterocycles. The second-order valence-electron chi connectivity index (χ2n) is 10.3. The van der Waals surface area contributed by atoms with Gasteiger partial charge in [0, 0.05) is 12.0 Å². The van der Waals surface area contributed by atoms with Gasteiger partial charge in [0.25, 0.3) is 15.6 Å². The minimum Gasteiger partial charge on any atom is -0.497 e. The molecule has 8 nitrogen and oxygen atoms in total. The topological polar surface area (TPSA) is 116 Å². The molecular formula is C26H29F7N2O6S. The Morgan fingerprint density at radius 2 is 1.62 bits per heavy atom. The number of fused-ring (bicyclic) bond motifs is 1. The van der Waals surface area contributed by atoms with E-state index in [2.05, 4.69) is 5.32 Å². The van der Waals surface area contributed by atoms with Gasteiger partial charge in [0.15, 0.2) is 0 Å². The zero-order valence-corrected chi connectivity index (χ0v) is 23.4. The maximum Gasteiger partial charge on any atom is 0.430 e. The van der Waals surface area contributed by atoms with E-state index < -0.39 is 70.2 Å². The molecule has 1 aliphatic heterocycles. The summed E-state index contributed by atoms with van der Waals surface area (Å²) in [4.78, 5) is 12.4. The van der Waals surface area contributed by atoms with Gasteiger partial charge >= 0.3 is 12.4 Å². The molecular weight excluding hydrogens is 601 g/mol. The number of aryl methyl sites for hydroxylation is 1. The molecule has 16 heteroatoms. The van der Waals surface area contributed by atoms with Crippen LogP contribution in [-0.4, -0.2) is 68.4 Å². The largest absolute Gasteiger partial charge is 0.497 e. The van der Waals surface area contributed by atoms with Gasteiger partial charge in [-0.15, -0.1) is 0 Å². The van der Waals surface area contributed by atoms with Crippen LogP contribution in [0.1, 0.15) is 37.8 Å². The fraction of sp³-hybridized carbons (Fsp3) is 0.500. The molecule has 3 rings (SSSR count). The van der Waals surface area contributed by atoms with E-state index in [-0.39, 0.29) is 29.0 Å². The number of carbonyl (C=O) groups excluding carboxylic acids is 1. The standard InChI is InChI=1S/C26H29F7N2O6S/c1-23(2,37)21(27)14-34-22(36)13-17-6-4-15-12-16(24(38,25(28,29)30)26(31,32)33)5-11-20(15)35(17)42(39,40)19-9-7-18(41-3)8-10-19/h5,7-12,17,21,37-38H,4,6,13-14H2,1-3H3,(H,34,36)/t17?,21-/m1/s1. The fourth-order valence-electron chi connectivity index (χ4n) is 4.46. The molecule has 234 valence electrons. The number of carbonyl (C=O) groups is 1. The molecule has 2 aromatic rings. The second kappa shape index (κ2) is 11.5. The Labute approximate surface area is 237 Å². The van der Waals surface area contributed by atoms with Crippen LogP contribution < -0.4 is 14.4 Å². The summed E-state index contributed by atoms with van der Waals surface area (Å²) < 4.78 is 128. The molecule has 0 fully saturated rings. The smallest absolute Gasteiger partial charge is 0.430 e. The van der Waals surface area contributed by atoms with Gasteiger partial charge in [0.05, 0.1) is 35.9 Å². The zero-order chi connectivity index (χ0) is 31.9. The number of hydrogen-bond acceptors (Lipinski definition) is 6. The third-order valence-electron chi connectivity index (χ3n) is 6.92. The maximum absolute atomic E-state index is 14.1. The van der Waals surface area contributed by atoms with E-state index in [9.17, 15) is 54.2 Å². The highest BCUT2D eigenvalue weighted by molar-refractivity contribution is 7.92. The van der Waals surface area contributed by atoms with Crippen LogP contribution in [0.25, 0.3) is 0 Å². The molecule has 0 radical (unpaired) electrons. The van der Waals surface area contributed by atoms with Crippen LogP contribution in [0.15, 0.2) is 47.4 Å². The summed E-state index contributed by atoms with van der Waals surface area (Å²) in [5.41, 5.74) is -9.12. The Hall–Kier alpha value is -3.11. The molecule has 42 heavy (non-hydrogen) atoms. The number of ether oxygens (including phenoxy) is 1. The third kappa shape index (κ3) is 6.44. The van der Waals surface area contributed by atoms with E-state index in [1.165, 1.54) is 33.1 Å². The summed E-state index contributed by atoms with van der Waals surface area (Å²) in [6, 6.07) is 5.26. The molecule has 1 unspecified atom stereocenters. The van der Waals surface area contributed by atoms with Crippen LogP contribution in [0, 0.1) is 0 Å². The summed E-state index contributed by atoms with van der Waals surface area (Å²) in [6.07, 6.45) is -15.2. The summed E-state index contributed by atoms with van der Waals surface area (Å²) in [5, 5.41) is 21.8. The van der Waals surface area contributed by atoms with Gasteiger partial charge < -0.3 is 20.3 Å². The highest BCUT2D eigenvalue weighted by atomic mass is 32.2. The molecule has 2 atom stereocenters. The summed E-state index contributed by atoms with van der Waals surface area (Å²) in [6.45, 7) is 1.75. The SMILES string of the molecule is COc1ccc(S(=O)(=O)N2c3ccc(C(O)(C(F)(F)F)C(F)(F)F)cc3CCC2CC(=O)NC[C@@H](F)C(C)(C)O)cc1. The molecule has 0 bridgehead atoms. The first-order valence-corrected chi connectivity index (χ1v) is 13.9. The number of aliphatic hydroxyl groups is 2. The summed E-state index contributed by atoms with van der Waals surface area (Å²) >= 11 is 0. The van der Waals surface area contributed by atoms with Crippen LogP contribution in [0.5, 0.6) is 5.75 Å². The summed E-state index contributed by atoms with van der Waals surface area (Å²) in [7, 11) is -3.25. The van der Waals surface area contributed by atoms with Gasteiger partial charge in [0.2, 0.25) is 5.91 Å². The number of nitrogens with zero attached hydrogens (tertiary/aromatic N) is 1.